The number of nitrogens with one attached hydrogen (secondary N) is 2. The lowest BCUT2D eigenvalue weighted by Crippen LogP contribution is -2.15. The highest BCUT2D eigenvalue weighted by atomic mass is 32.2. The number of para-hydroxylation sites is 2. The number of fused-ring (bicyclic) bond motifs is 2. The number of ether oxygens (including phenoxy) is 1. The first kappa shape index (κ1) is 22.5. The third kappa shape index (κ3) is 4.71. The Labute approximate surface area is 202 Å². The van der Waals surface area contributed by atoms with Crippen molar-refractivity contribution in [2.45, 2.75) is 17.7 Å². The maximum atomic E-state index is 12.8. The Morgan fingerprint density at radius 3 is 2.51 bits per heavy atom. The van der Waals surface area contributed by atoms with Crippen LogP contribution in [0.15, 0.2) is 89.6 Å². The molecule has 0 atom stereocenters. The van der Waals surface area contributed by atoms with Gasteiger partial charge in [-0.2, -0.15) is 0 Å². The molecule has 4 aromatic rings. The third-order valence-corrected chi connectivity index (χ3v) is 7.15. The van der Waals surface area contributed by atoms with E-state index in [1.165, 1.54) is 18.3 Å². The van der Waals surface area contributed by atoms with E-state index in [1.54, 1.807) is 49.7 Å². The molecule has 0 amide bonds. The van der Waals surface area contributed by atoms with Crippen LogP contribution in [0.1, 0.15) is 22.3 Å². The summed E-state index contributed by atoms with van der Waals surface area (Å²) >= 11 is 0. The van der Waals surface area contributed by atoms with E-state index in [2.05, 4.69) is 20.0 Å². The van der Waals surface area contributed by atoms with Crippen molar-refractivity contribution in [2.75, 3.05) is 17.1 Å². The van der Waals surface area contributed by atoms with Gasteiger partial charge in [-0.15, -0.1) is 0 Å². The Morgan fingerprint density at radius 1 is 0.971 bits per heavy atom. The minimum absolute atomic E-state index is 0.0266. The molecule has 0 aliphatic heterocycles. The Hall–Kier alpha value is -4.24. The number of ketones is 1. The zero-order valence-electron chi connectivity index (χ0n) is 18.9. The van der Waals surface area contributed by atoms with E-state index in [0.717, 1.165) is 17.7 Å². The van der Waals surface area contributed by atoms with Gasteiger partial charge in [0.25, 0.3) is 10.0 Å². The van der Waals surface area contributed by atoms with E-state index in [-0.39, 0.29) is 16.5 Å². The second-order valence-corrected chi connectivity index (χ2v) is 9.72. The van der Waals surface area contributed by atoms with Gasteiger partial charge in [0.15, 0.2) is 11.6 Å². The van der Waals surface area contributed by atoms with Crippen molar-refractivity contribution < 1.29 is 17.9 Å². The highest BCUT2D eigenvalue weighted by molar-refractivity contribution is 7.92. The van der Waals surface area contributed by atoms with Crippen molar-refractivity contribution in [1.82, 2.24) is 9.97 Å². The van der Waals surface area contributed by atoms with Gasteiger partial charge in [0.05, 0.1) is 29.2 Å². The lowest BCUT2D eigenvalue weighted by molar-refractivity contribution is 0.102. The molecule has 176 valence electrons. The quantitative estimate of drug-likeness (QED) is 0.384. The summed E-state index contributed by atoms with van der Waals surface area (Å²) in [7, 11) is -2.24. The summed E-state index contributed by atoms with van der Waals surface area (Å²) in [5.74, 6) is 0.852. The average Bonchev–Trinajstić information content (AvgIpc) is 2.88. The molecule has 0 radical (unpaired) electrons. The molecule has 2 N–H and O–H groups in total. The molecule has 5 rings (SSSR count). The van der Waals surface area contributed by atoms with E-state index in [0.29, 0.717) is 34.3 Å². The number of aryl methyl sites for hydroxylation is 1. The molecule has 0 fully saturated rings. The van der Waals surface area contributed by atoms with Crippen LogP contribution in [0.2, 0.25) is 0 Å². The van der Waals surface area contributed by atoms with E-state index < -0.39 is 10.0 Å². The molecule has 0 unspecified atom stereocenters. The smallest absolute Gasteiger partial charge is 0.263 e. The minimum atomic E-state index is -3.84. The Kier molecular flexibility index (Phi) is 5.92. The van der Waals surface area contributed by atoms with Crippen LogP contribution < -0.4 is 14.8 Å². The summed E-state index contributed by atoms with van der Waals surface area (Å²) in [4.78, 5) is 21.5. The highest BCUT2D eigenvalue weighted by Gasteiger charge is 2.22. The van der Waals surface area contributed by atoms with Crippen molar-refractivity contribution in [3.8, 4) is 5.75 Å². The highest BCUT2D eigenvalue weighted by Crippen LogP contribution is 2.28. The second-order valence-electron chi connectivity index (χ2n) is 8.04. The van der Waals surface area contributed by atoms with Gasteiger partial charge in [0.2, 0.25) is 0 Å². The van der Waals surface area contributed by atoms with Gasteiger partial charge in [-0.05, 0) is 73.0 Å². The van der Waals surface area contributed by atoms with E-state index in [9.17, 15) is 13.2 Å². The number of allylic oxidation sites excluding steroid dienone is 1. The Balaban J connectivity index is 1.28. The zero-order chi connectivity index (χ0) is 24.4. The number of aromatic nitrogens is 2. The van der Waals surface area contributed by atoms with E-state index in [1.807, 2.05) is 18.2 Å². The largest absolute Gasteiger partial charge is 0.497 e. The normalized spacial score (nSPS) is 14.5. The molecule has 1 aliphatic carbocycles. The molecule has 0 bridgehead atoms. The SMILES string of the molecule is COc1ccc2c(c1)CC/C(=C\Nc1ccc(S(=O)(=O)Nc3cnc4ccccc4n3)cc1)C2=O. The number of methoxy groups -OCH3 is 1. The number of rotatable bonds is 6. The van der Waals surface area contributed by atoms with Crippen molar-refractivity contribution in [1.29, 1.82) is 0 Å². The second kappa shape index (κ2) is 9.19. The standard InChI is InChI=1S/C26H22N4O4S/c1-34-20-10-13-22-17(14-20)6-7-18(26(22)31)15-27-19-8-11-21(12-9-19)35(32,33)30-25-16-28-23-4-2-3-5-24(23)29-25/h2-5,8-16,27H,6-7H2,1H3,(H,29,30)/b18-15+. The molecule has 1 heterocycles. The fourth-order valence-corrected chi connectivity index (χ4v) is 4.91. The summed E-state index contributed by atoms with van der Waals surface area (Å²) in [5, 5.41) is 3.10. The average molecular weight is 487 g/mol. The number of hydrogen-bond acceptors (Lipinski definition) is 7. The first-order valence-corrected chi connectivity index (χ1v) is 12.4. The van der Waals surface area contributed by atoms with E-state index in [4.69, 9.17) is 4.74 Å². The summed E-state index contributed by atoms with van der Waals surface area (Å²) < 4.78 is 33.3. The third-order valence-electron chi connectivity index (χ3n) is 5.78. The number of Topliss-reactive ketones (excluding diaryl/α,β-unsaturated/α-hetero) is 1. The number of sulfonamides is 1. The van der Waals surface area contributed by atoms with Crippen molar-refractivity contribution >= 4 is 38.3 Å². The first-order valence-electron chi connectivity index (χ1n) is 10.9. The van der Waals surface area contributed by atoms with Gasteiger partial charge in [-0.3, -0.25) is 14.5 Å². The van der Waals surface area contributed by atoms with Gasteiger partial charge in [-0.25, -0.2) is 13.4 Å². The molecule has 0 saturated heterocycles. The van der Waals surface area contributed by atoms with Gasteiger partial charge in [0, 0.05) is 23.0 Å². The topological polar surface area (TPSA) is 110 Å². The summed E-state index contributed by atoms with van der Waals surface area (Å²) in [6, 6.07) is 18.9. The predicted molar refractivity (Wildman–Crippen MR) is 134 cm³/mol. The maximum Gasteiger partial charge on any atom is 0.263 e. The number of anilines is 2. The number of benzene rings is 3. The van der Waals surface area contributed by atoms with Gasteiger partial charge < -0.3 is 10.1 Å². The van der Waals surface area contributed by atoms with Crippen LogP contribution in [-0.4, -0.2) is 31.3 Å². The fourth-order valence-electron chi connectivity index (χ4n) is 3.92. The Morgan fingerprint density at radius 2 is 1.74 bits per heavy atom. The molecule has 3 aromatic carbocycles. The molecule has 1 aliphatic rings. The number of nitrogens with zero attached hydrogens (tertiary/aromatic N) is 2. The van der Waals surface area contributed by atoms with E-state index >= 15 is 0 Å². The van der Waals surface area contributed by atoms with Crippen molar-refractivity contribution in [3.05, 3.63) is 95.8 Å². The molecule has 35 heavy (non-hydrogen) atoms. The summed E-state index contributed by atoms with van der Waals surface area (Å²) in [5.41, 5.74) is 4.25. The van der Waals surface area contributed by atoms with Crippen LogP contribution in [0.4, 0.5) is 11.5 Å². The number of hydrogen-bond donors (Lipinski definition) is 2. The van der Waals surface area contributed by atoms with Crippen LogP contribution >= 0.6 is 0 Å². The number of carbonyl (C=O) groups is 1. The predicted octanol–water partition coefficient (Wildman–Crippen LogP) is 4.56. The molecule has 0 spiro atoms. The molecular weight excluding hydrogens is 464 g/mol. The molecule has 8 nitrogen and oxygen atoms in total. The molecule has 0 saturated carbocycles. The van der Waals surface area contributed by atoms with Crippen LogP contribution in [-0.2, 0) is 16.4 Å². The zero-order valence-corrected chi connectivity index (χ0v) is 19.7. The lowest BCUT2D eigenvalue weighted by Gasteiger charge is -2.18. The molecule has 1 aromatic heterocycles. The van der Waals surface area contributed by atoms with Crippen LogP contribution in [0, 0.1) is 0 Å². The first-order chi connectivity index (χ1) is 16.9. The van der Waals surface area contributed by atoms with Gasteiger partial charge in [0.1, 0.15) is 5.75 Å². The van der Waals surface area contributed by atoms with Crippen LogP contribution in [0.5, 0.6) is 5.75 Å². The number of carbonyl (C=O) groups excluding carboxylic acids is 1. The lowest BCUT2D eigenvalue weighted by atomic mass is 9.87. The van der Waals surface area contributed by atoms with Crippen LogP contribution in [0.3, 0.4) is 0 Å². The molecular formula is C26H22N4O4S. The van der Waals surface area contributed by atoms with Crippen LogP contribution in [0.25, 0.3) is 11.0 Å². The van der Waals surface area contributed by atoms with Crippen molar-refractivity contribution in [2.24, 2.45) is 0 Å². The Bertz CT molecular complexity index is 1560. The molecule has 9 heteroatoms. The minimum Gasteiger partial charge on any atom is -0.497 e. The van der Waals surface area contributed by atoms with Crippen molar-refractivity contribution in [3.63, 3.8) is 0 Å². The monoisotopic (exact) mass is 486 g/mol. The van der Waals surface area contributed by atoms with Gasteiger partial charge >= 0.3 is 0 Å². The summed E-state index contributed by atoms with van der Waals surface area (Å²) in [6.07, 6.45) is 4.42. The summed E-state index contributed by atoms with van der Waals surface area (Å²) in [6.45, 7) is 0. The van der Waals surface area contributed by atoms with Gasteiger partial charge in [-0.1, -0.05) is 12.1 Å². The maximum absolute atomic E-state index is 12.8. The fraction of sp³-hybridized carbons (Fsp3) is 0.115.